The molecule has 0 fully saturated rings. The van der Waals surface area contributed by atoms with Crippen LogP contribution in [-0.2, 0) is 9.53 Å². The van der Waals surface area contributed by atoms with E-state index in [0.29, 0.717) is 6.42 Å². The van der Waals surface area contributed by atoms with Crippen LogP contribution in [0.1, 0.15) is 110 Å². The van der Waals surface area contributed by atoms with Gasteiger partial charge in [-0.2, -0.15) is 0 Å². The standard InChI is InChI=1S/C24H46O5/c1-2-3-4-11-14-17-22(26)18-15-12-9-7-5-6-8-10-13-16-19-24(28)29-21-23(27)20-25/h12,15,22-23,25-27H,2-11,13-14,16-21H2,1H3/t22-,23?/m1/s1. The molecular formula is C24H46O5. The number of allylic oxidation sites excluding steroid dienone is 1. The second-order valence-corrected chi connectivity index (χ2v) is 8.10. The molecular weight excluding hydrogens is 368 g/mol. The van der Waals surface area contributed by atoms with Crippen LogP contribution in [0.4, 0.5) is 0 Å². The van der Waals surface area contributed by atoms with Gasteiger partial charge in [0.2, 0.25) is 0 Å². The molecule has 2 atom stereocenters. The summed E-state index contributed by atoms with van der Waals surface area (Å²) >= 11 is 0. The molecule has 3 N–H and O–H groups in total. The molecule has 0 rings (SSSR count). The summed E-state index contributed by atoms with van der Waals surface area (Å²) < 4.78 is 4.86. The Kier molecular flexibility index (Phi) is 21.1. The summed E-state index contributed by atoms with van der Waals surface area (Å²) in [6.45, 7) is 1.71. The van der Waals surface area contributed by atoms with Gasteiger partial charge in [-0.1, -0.05) is 83.3 Å². The van der Waals surface area contributed by atoms with Crippen LogP contribution in [0.3, 0.4) is 0 Å². The number of rotatable bonds is 21. The van der Waals surface area contributed by atoms with Crippen LogP contribution in [0.2, 0.25) is 0 Å². The predicted molar refractivity (Wildman–Crippen MR) is 119 cm³/mol. The number of aliphatic hydroxyl groups excluding tert-OH is 3. The molecule has 0 saturated carbocycles. The number of ether oxygens (including phenoxy) is 1. The number of unbranched alkanes of at least 4 members (excludes halogenated alkanes) is 11. The SMILES string of the molecule is CCCCCCC[C@@H](O)CC=CCCCCCCCCCC(=O)OCC(O)CO. The molecule has 0 aromatic heterocycles. The van der Waals surface area contributed by atoms with Gasteiger partial charge in [-0.15, -0.1) is 0 Å². The molecule has 0 saturated heterocycles. The van der Waals surface area contributed by atoms with Gasteiger partial charge in [0.25, 0.3) is 0 Å². The first-order valence-corrected chi connectivity index (χ1v) is 11.9. The minimum absolute atomic E-state index is 0.123. The van der Waals surface area contributed by atoms with Gasteiger partial charge >= 0.3 is 5.97 Å². The third-order valence-corrected chi connectivity index (χ3v) is 5.11. The number of carbonyl (C=O) groups excluding carboxylic acids is 1. The maximum absolute atomic E-state index is 11.4. The lowest BCUT2D eigenvalue weighted by Gasteiger charge is -2.08. The zero-order valence-electron chi connectivity index (χ0n) is 18.7. The van der Waals surface area contributed by atoms with Crippen LogP contribution >= 0.6 is 0 Å². The lowest BCUT2D eigenvalue weighted by atomic mass is 10.1. The van der Waals surface area contributed by atoms with Crippen molar-refractivity contribution >= 4 is 5.97 Å². The second kappa shape index (κ2) is 21.8. The van der Waals surface area contributed by atoms with Crippen molar-refractivity contribution in [3.8, 4) is 0 Å². The number of esters is 1. The minimum atomic E-state index is -0.973. The molecule has 5 heteroatoms. The van der Waals surface area contributed by atoms with Gasteiger partial charge in [0.15, 0.2) is 0 Å². The Morgan fingerprint density at radius 2 is 1.45 bits per heavy atom. The summed E-state index contributed by atoms with van der Waals surface area (Å²) in [4.78, 5) is 11.4. The maximum atomic E-state index is 11.4. The van der Waals surface area contributed by atoms with Crippen LogP contribution in [0.15, 0.2) is 12.2 Å². The van der Waals surface area contributed by atoms with Gasteiger partial charge < -0.3 is 20.1 Å². The normalized spacial score (nSPS) is 13.7. The lowest BCUT2D eigenvalue weighted by molar-refractivity contribution is -0.147. The van der Waals surface area contributed by atoms with Gasteiger partial charge in [0.1, 0.15) is 12.7 Å². The molecule has 1 unspecified atom stereocenters. The number of hydrogen-bond donors (Lipinski definition) is 3. The first-order chi connectivity index (χ1) is 14.1. The van der Waals surface area contributed by atoms with Crippen LogP contribution in [0.25, 0.3) is 0 Å². The molecule has 172 valence electrons. The molecule has 0 radical (unpaired) electrons. The maximum Gasteiger partial charge on any atom is 0.305 e. The third-order valence-electron chi connectivity index (χ3n) is 5.11. The highest BCUT2D eigenvalue weighted by Crippen LogP contribution is 2.12. The summed E-state index contributed by atoms with van der Waals surface area (Å²) in [6.07, 6.45) is 20.4. The van der Waals surface area contributed by atoms with Gasteiger partial charge in [0.05, 0.1) is 12.7 Å². The lowest BCUT2D eigenvalue weighted by Crippen LogP contribution is -2.21. The Balaban J connectivity index is 3.32. The van der Waals surface area contributed by atoms with E-state index in [2.05, 4.69) is 19.1 Å². The van der Waals surface area contributed by atoms with E-state index >= 15 is 0 Å². The van der Waals surface area contributed by atoms with Crippen molar-refractivity contribution in [3.05, 3.63) is 12.2 Å². The number of aliphatic hydroxyl groups is 3. The topological polar surface area (TPSA) is 87.0 Å². The van der Waals surface area contributed by atoms with Gasteiger partial charge in [0, 0.05) is 6.42 Å². The number of hydrogen-bond acceptors (Lipinski definition) is 5. The van der Waals surface area contributed by atoms with E-state index in [1.165, 1.54) is 51.4 Å². The van der Waals surface area contributed by atoms with E-state index in [0.717, 1.165) is 44.9 Å². The van der Waals surface area contributed by atoms with Crippen molar-refractivity contribution in [2.45, 2.75) is 122 Å². The molecule has 0 bridgehead atoms. The summed E-state index contributed by atoms with van der Waals surface area (Å²) in [5, 5.41) is 27.7. The molecule has 0 aliphatic carbocycles. The van der Waals surface area contributed by atoms with E-state index in [1.54, 1.807) is 0 Å². The summed E-state index contributed by atoms with van der Waals surface area (Å²) in [5.41, 5.74) is 0. The summed E-state index contributed by atoms with van der Waals surface area (Å²) in [5.74, 6) is -0.300. The highest BCUT2D eigenvalue weighted by atomic mass is 16.5. The monoisotopic (exact) mass is 414 g/mol. The largest absolute Gasteiger partial charge is 0.463 e. The van der Waals surface area contributed by atoms with Crippen molar-refractivity contribution in [1.82, 2.24) is 0 Å². The van der Waals surface area contributed by atoms with Gasteiger partial charge in [-0.25, -0.2) is 0 Å². The molecule has 0 aromatic rings. The fourth-order valence-corrected chi connectivity index (χ4v) is 3.20. The second-order valence-electron chi connectivity index (χ2n) is 8.10. The fraction of sp³-hybridized carbons (Fsp3) is 0.875. The van der Waals surface area contributed by atoms with Crippen molar-refractivity contribution in [2.24, 2.45) is 0 Å². The van der Waals surface area contributed by atoms with Crippen LogP contribution in [-0.4, -0.2) is 46.7 Å². The van der Waals surface area contributed by atoms with E-state index in [9.17, 15) is 9.90 Å². The molecule has 5 nitrogen and oxygen atoms in total. The first kappa shape index (κ1) is 28.1. The molecule has 0 heterocycles. The van der Waals surface area contributed by atoms with E-state index in [1.807, 2.05) is 0 Å². The Labute approximate surface area is 178 Å². The van der Waals surface area contributed by atoms with Crippen LogP contribution < -0.4 is 0 Å². The van der Waals surface area contributed by atoms with Crippen molar-refractivity contribution in [1.29, 1.82) is 0 Å². The van der Waals surface area contributed by atoms with E-state index in [4.69, 9.17) is 14.9 Å². The Morgan fingerprint density at radius 3 is 2.14 bits per heavy atom. The Hall–Kier alpha value is -0.910. The van der Waals surface area contributed by atoms with E-state index in [-0.39, 0.29) is 25.3 Å². The van der Waals surface area contributed by atoms with E-state index < -0.39 is 6.10 Å². The summed E-state index contributed by atoms with van der Waals surface area (Å²) in [7, 11) is 0. The zero-order chi connectivity index (χ0) is 21.6. The van der Waals surface area contributed by atoms with Gasteiger partial charge in [-0.3, -0.25) is 4.79 Å². The Bertz CT molecular complexity index is 383. The Morgan fingerprint density at radius 1 is 0.828 bits per heavy atom. The highest BCUT2D eigenvalue weighted by molar-refractivity contribution is 5.69. The zero-order valence-corrected chi connectivity index (χ0v) is 18.7. The first-order valence-electron chi connectivity index (χ1n) is 11.9. The molecule has 0 amide bonds. The van der Waals surface area contributed by atoms with Crippen molar-refractivity contribution in [2.75, 3.05) is 13.2 Å². The summed E-state index contributed by atoms with van der Waals surface area (Å²) in [6, 6.07) is 0. The molecule has 0 aliphatic heterocycles. The smallest absolute Gasteiger partial charge is 0.305 e. The quantitative estimate of drug-likeness (QED) is 0.139. The van der Waals surface area contributed by atoms with Crippen LogP contribution in [0, 0.1) is 0 Å². The predicted octanol–water partition coefficient (Wildman–Crippen LogP) is 5.06. The average Bonchev–Trinajstić information content (AvgIpc) is 2.72. The fourth-order valence-electron chi connectivity index (χ4n) is 3.20. The molecule has 0 aromatic carbocycles. The molecule has 29 heavy (non-hydrogen) atoms. The molecule has 0 aliphatic rings. The van der Waals surface area contributed by atoms with Crippen molar-refractivity contribution < 1.29 is 24.9 Å². The molecule has 0 spiro atoms. The highest BCUT2D eigenvalue weighted by Gasteiger charge is 2.07. The minimum Gasteiger partial charge on any atom is -0.463 e. The average molecular weight is 415 g/mol. The number of carbonyl (C=O) groups is 1. The van der Waals surface area contributed by atoms with Crippen LogP contribution in [0.5, 0.6) is 0 Å². The third kappa shape index (κ3) is 21.6. The van der Waals surface area contributed by atoms with Crippen molar-refractivity contribution in [3.63, 3.8) is 0 Å². The van der Waals surface area contributed by atoms with Gasteiger partial charge in [-0.05, 0) is 32.1 Å².